The molecule has 0 spiro atoms. The van der Waals surface area contributed by atoms with E-state index in [1.54, 1.807) is 4.90 Å². The van der Waals surface area contributed by atoms with Gasteiger partial charge in [0.05, 0.1) is 4.88 Å². The highest BCUT2D eigenvalue weighted by atomic mass is 32.1. The molecule has 1 N–H and O–H groups in total. The molecule has 6 heteroatoms. The molecule has 3 heterocycles. The number of fused-ring (bicyclic) bond motifs is 1. The van der Waals surface area contributed by atoms with Crippen molar-refractivity contribution in [2.75, 3.05) is 0 Å². The Balaban J connectivity index is 1.86. The number of nitrogens with one attached hydrogen (secondary N) is 1. The number of hydrogen-bond acceptors (Lipinski definition) is 4. The van der Waals surface area contributed by atoms with Crippen LogP contribution in [0.1, 0.15) is 33.6 Å². The van der Waals surface area contributed by atoms with Crippen molar-refractivity contribution in [2.24, 2.45) is 0 Å². The summed E-state index contributed by atoms with van der Waals surface area (Å²) in [5.41, 5.74) is 2.12. The van der Waals surface area contributed by atoms with Crippen LogP contribution in [0.3, 0.4) is 0 Å². The van der Waals surface area contributed by atoms with E-state index in [2.05, 4.69) is 5.32 Å². The van der Waals surface area contributed by atoms with Gasteiger partial charge in [0.2, 0.25) is 11.8 Å². The fourth-order valence-corrected chi connectivity index (χ4v) is 3.47. The molecule has 1 fully saturated rings. The van der Waals surface area contributed by atoms with Gasteiger partial charge < -0.3 is 4.90 Å². The smallest absolute Gasteiger partial charge is 0.265 e. The lowest BCUT2D eigenvalue weighted by atomic mass is 10.0. The van der Waals surface area contributed by atoms with Crippen LogP contribution in [0.4, 0.5) is 0 Å². The Kier molecular flexibility index (Phi) is 2.48. The number of hydrogen-bond donors (Lipinski definition) is 1. The molecule has 1 aromatic heterocycles. The van der Waals surface area contributed by atoms with Gasteiger partial charge in [0.25, 0.3) is 5.91 Å². The first-order valence-corrected chi connectivity index (χ1v) is 6.67. The van der Waals surface area contributed by atoms with Crippen LogP contribution in [0.25, 0.3) is 0 Å². The minimum absolute atomic E-state index is 0.0856. The lowest BCUT2D eigenvalue weighted by Gasteiger charge is -2.29. The summed E-state index contributed by atoms with van der Waals surface area (Å²) < 4.78 is 0. The van der Waals surface area contributed by atoms with Gasteiger partial charge in [-0.2, -0.15) is 0 Å². The van der Waals surface area contributed by atoms with Gasteiger partial charge in [0, 0.05) is 13.0 Å². The van der Waals surface area contributed by atoms with E-state index in [9.17, 15) is 14.4 Å². The molecule has 0 aromatic carbocycles. The zero-order valence-electron chi connectivity index (χ0n) is 9.86. The predicted molar refractivity (Wildman–Crippen MR) is 65.1 cm³/mol. The summed E-state index contributed by atoms with van der Waals surface area (Å²) in [7, 11) is 0. The Morgan fingerprint density at radius 1 is 1.39 bits per heavy atom. The van der Waals surface area contributed by atoms with E-state index in [-0.39, 0.29) is 17.7 Å². The van der Waals surface area contributed by atoms with Gasteiger partial charge in [-0.1, -0.05) is 0 Å². The third kappa shape index (κ3) is 1.56. The van der Waals surface area contributed by atoms with Crippen molar-refractivity contribution >= 4 is 29.1 Å². The Hall–Kier alpha value is -1.69. The highest BCUT2D eigenvalue weighted by Crippen LogP contribution is 2.33. The van der Waals surface area contributed by atoms with Crippen molar-refractivity contribution in [3.8, 4) is 0 Å². The topological polar surface area (TPSA) is 66.5 Å². The summed E-state index contributed by atoms with van der Waals surface area (Å²) in [5, 5.41) is 4.25. The summed E-state index contributed by atoms with van der Waals surface area (Å²) in [6.45, 7) is 2.45. The zero-order chi connectivity index (χ0) is 12.9. The number of aryl methyl sites for hydroxylation is 1. The molecule has 0 bridgehead atoms. The van der Waals surface area contributed by atoms with Crippen LogP contribution in [-0.2, 0) is 16.1 Å². The molecule has 1 aromatic rings. The summed E-state index contributed by atoms with van der Waals surface area (Å²) in [6, 6.07) is -0.505. The Morgan fingerprint density at radius 3 is 2.83 bits per heavy atom. The van der Waals surface area contributed by atoms with E-state index in [0.717, 1.165) is 16.0 Å². The molecule has 1 saturated heterocycles. The molecule has 1 atom stereocenters. The van der Waals surface area contributed by atoms with E-state index >= 15 is 0 Å². The molecule has 0 radical (unpaired) electrons. The van der Waals surface area contributed by atoms with E-state index in [1.165, 1.54) is 11.3 Å². The molecule has 2 aliphatic heterocycles. The van der Waals surface area contributed by atoms with E-state index in [4.69, 9.17) is 0 Å². The Labute approximate surface area is 108 Å². The van der Waals surface area contributed by atoms with Crippen molar-refractivity contribution in [2.45, 2.75) is 32.4 Å². The van der Waals surface area contributed by atoms with Gasteiger partial charge >= 0.3 is 0 Å². The first kappa shape index (κ1) is 11.4. The molecule has 0 aliphatic carbocycles. The van der Waals surface area contributed by atoms with Gasteiger partial charge in [-0.3, -0.25) is 19.7 Å². The molecular weight excluding hydrogens is 252 g/mol. The molecule has 2 aliphatic rings. The maximum Gasteiger partial charge on any atom is 0.265 e. The van der Waals surface area contributed by atoms with Crippen molar-refractivity contribution < 1.29 is 14.4 Å². The normalized spacial score (nSPS) is 23.3. The standard InChI is InChI=1S/C12H12N2O3S/c1-6-5-18-10-7(6)4-14(12(10)17)8-2-3-9(15)13-11(8)16/h5,8H,2-4H2,1H3,(H,13,15,16). The summed E-state index contributed by atoms with van der Waals surface area (Å²) >= 11 is 1.43. The first-order valence-electron chi connectivity index (χ1n) is 5.79. The van der Waals surface area contributed by atoms with Crippen LogP contribution in [-0.4, -0.2) is 28.7 Å². The lowest BCUT2D eigenvalue weighted by molar-refractivity contribution is -0.136. The second-order valence-electron chi connectivity index (χ2n) is 4.63. The summed E-state index contributed by atoms with van der Waals surface area (Å²) in [4.78, 5) is 37.4. The van der Waals surface area contributed by atoms with Crippen LogP contribution in [0.5, 0.6) is 0 Å². The molecule has 3 amide bonds. The average molecular weight is 264 g/mol. The highest BCUT2D eigenvalue weighted by Gasteiger charge is 2.40. The van der Waals surface area contributed by atoms with Crippen molar-refractivity contribution in [1.29, 1.82) is 0 Å². The number of imide groups is 1. The average Bonchev–Trinajstić information content (AvgIpc) is 2.82. The van der Waals surface area contributed by atoms with Gasteiger partial charge in [-0.25, -0.2) is 0 Å². The number of amides is 3. The number of carbonyl (C=O) groups excluding carboxylic acids is 3. The predicted octanol–water partition coefficient (Wildman–Crippen LogP) is 0.818. The SMILES string of the molecule is Cc1csc2c1CN(C1CCC(=O)NC1=O)C2=O. The molecule has 0 saturated carbocycles. The van der Waals surface area contributed by atoms with E-state index < -0.39 is 6.04 Å². The van der Waals surface area contributed by atoms with Crippen molar-refractivity contribution in [3.05, 3.63) is 21.4 Å². The monoisotopic (exact) mass is 264 g/mol. The number of thiophene rings is 1. The minimum Gasteiger partial charge on any atom is -0.321 e. The van der Waals surface area contributed by atoms with Crippen LogP contribution in [0, 0.1) is 6.92 Å². The molecule has 18 heavy (non-hydrogen) atoms. The van der Waals surface area contributed by atoms with Gasteiger partial charge in [0.1, 0.15) is 6.04 Å². The van der Waals surface area contributed by atoms with E-state index in [1.807, 2.05) is 12.3 Å². The van der Waals surface area contributed by atoms with Crippen LogP contribution >= 0.6 is 11.3 Å². The Morgan fingerprint density at radius 2 is 2.17 bits per heavy atom. The molecule has 5 nitrogen and oxygen atoms in total. The first-order chi connectivity index (χ1) is 8.58. The third-order valence-electron chi connectivity index (χ3n) is 3.47. The number of nitrogens with zero attached hydrogens (tertiary/aromatic N) is 1. The highest BCUT2D eigenvalue weighted by molar-refractivity contribution is 7.12. The van der Waals surface area contributed by atoms with Crippen molar-refractivity contribution in [1.82, 2.24) is 10.2 Å². The van der Waals surface area contributed by atoms with Crippen LogP contribution in [0.15, 0.2) is 5.38 Å². The lowest BCUT2D eigenvalue weighted by Crippen LogP contribution is -2.52. The molecule has 3 rings (SSSR count). The fourth-order valence-electron chi connectivity index (χ4n) is 2.45. The molecular formula is C12H12N2O3S. The maximum absolute atomic E-state index is 12.2. The maximum atomic E-state index is 12.2. The number of piperidine rings is 1. The number of rotatable bonds is 1. The fraction of sp³-hybridized carbons (Fsp3) is 0.417. The molecule has 1 unspecified atom stereocenters. The second kappa shape index (κ2) is 3.91. The van der Waals surface area contributed by atoms with Crippen LogP contribution in [0.2, 0.25) is 0 Å². The van der Waals surface area contributed by atoms with Gasteiger partial charge in [-0.15, -0.1) is 11.3 Å². The quantitative estimate of drug-likeness (QED) is 0.764. The van der Waals surface area contributed by atoms with Gasteiger partial charge in [-0.05, 0) is 29.9 Å². The largest absolute Gasteiger partial charge is 0.321 e. The van der Waals surface area contributed by atoms with Gasteiger partial charge in [0.15, 0.2) is 0 Å². The second-order valence-corrected chi connectivity index (χ2v) is 5.51. The van der Waals surface area contributed by atoms with E-state index in [0.29, 0.717) is 19.4 Å². The number of carbonyl (C=O) groups is 3. The molecule has 94 valence electrons. The van der Waals surface area contributed by atoms with Crippen LogP contribution < -0.4 is 5.32 Å². The third-order valence-corrected chi connectivity index (χ3v) is 4.60. The summed E-state index contributed by atoms with van der Waals surface area (Å²) in [6.07, 6.45) is 0.719. The summed E-state index contributed by atoms with van der Waals surface area (Å²) in [5.74, 6) is -0.696. The minimum atomic E-state index is -0.505. The zero-order valence-corrected chi connectivity index (χ0v) is 10.7. The van der Waals surface area contributed by atoms with Crippen molar-refractivity contribution in [3.63, 3.8) is 0 Å². The Bertz CT molecular complexity index is 564.